The Kier molecular flexibility index (Phi) is 5.96. The molecule has 0 unspecified atom stereocenters. The summed E-state index contributed by atoms with van der Waals surface area (Å²) in [4.78, 5) is 11.3. The van der Waals surface area contributed by atoms with Crippen molar-refractivity contribution in [2.75, 3.05) is 0 Å². The maximum atomic E-state index is 11.3. The zero-order valence-corrected chi connectivity index (χ0v) is 9.53. The molecule has 0 bridgehead atoms. The van der Waals surface area contributed by atoms with Gasteiger partial charge in [-0.3, -0.25) is 4.79 Å². The highest BCUT2D eigenvalue weighted by molar-refractivity contribution is 5.79. The lowest BCUT2D eigenvalue weighted by Crippen LogP contribution is -2.39. The molecule has 0 heterocycles. The number of aliphatic hydroxyl groups is 2. The highest BCUT2D eigenvalue weighted by Gasteiger charge is 2.32. The number of aliphatic hydroxyl groups excluding tert-OH is 2. The van der Waals surface area contributed by atoms with Crippen molar-refractivity contribution in [2.45, 2.75) is 52.7 Å². The average molecular weight is 202 g/mol. The van der Waals surface area contributed by atoms with Crippen LogP contribution in [-0.2, 0) is 4.79 Å². The van der Waals surface area contributed by atoms with Crippen LogP contribution in [0.3, 0.4) is 0 Å². The highest BCUT2D eigenvalue weighted by Crippen LogP contribution is 2.20. The Morgan fingerprint density at radius 3 is 2.07 bits per heavy atom. The molecule has 0 aliphatic heterocycles. The predicted octanol–water partition coefficient (Wildman–Crippen LogP) is 1.37. The lowest BCUT2D eigenvalue weighted by molar-refractivity contribution is -0.131. The lowest BCUT2D eigenvalue weighted by Gasteiger charge is -2.27. The van der Waals surface area contributed by atoms with Gasteiger partial charge in [-0.15, -0.1) is 0 Å². The van der Waals surface area contributed by atoms with Gasteiger partial charge >= 0.3 is 0 Å². The normalized spacial score (nSPS) is 17.9. The first kappa shape index (κ1) is 13.6. The van der Waals surface area contributed by atoms with E-state index in [9.17, 15) is 15.0 Å². The van der Waals surface area contributed by atoms with Crippen LogP contribution in [0.25, 0.3) is 0 Å². The first-order valence-electron chi connectivity index (χ1n) is 5.28. The summed E-state index contributed by atoms with van der Waals surface area (Å²) in [5.74, 6) is -0.766. The van der Waals surface area contributed by atoms with E-state index in [0.29, 0.717) is 6.42 Å². The molecule has 0 spiro atoms. The maximum Gasteiger partial charge on any atom is 0.138 e. The van der Waals surface area contributed by atoms with Crippen molar-refractivity contribution < 1.29 is 15.0 Å². The second-order valence-electron chi connectivity index (χ2n) is 4.23. The molecule has 2 N–H and O–H groups in total. The van der Waals surface area contributed by atoms with Crippen LogP contribution >= 0.6 is 0 Å². The smallest absolute Gasteiger partial charge is 0.138 e. The van der Waals surface area contributed by atoms with E-state index < -0.39 is 18.1 Å². The lowest BCUT2D eigenvalue weighted by atomic mass is 9.84. The summed E-state index contributed by atoms with van der Waals surface area (Å²) in [6, 6.07) is 0. The summed E-state index contributed by atoms with van der Waals surface area (Å²) >= 11 is 0. The van der Waals surface area contributed by atoms with Crippen LogP contribution in [0.15, 0.2) is 0 Å². The molecule has 0 aliphatic rings. The fourth-order valence-electron chi connectivity index (χ4n) is 1.63. The monoisotopic (exact) mass is 202 g/mol. The zero-order chi connectivity index (χ0) is 11.3. The van der Waals surface area contributed by atoms with E-state index in [4.69, 9.17) is 0 Å². The van der Waals surface area contributed by atoms with Crippen LogP contribution in [-0.4, -0.2) is 28.2 Å². The van der Waals surface area contributed by atoms with Crippen molar-refractivity contribution in [3.63, 3.8) is 0 Å². The first-order chi connectivity index (χ1) is 6.41. The van der Waals surface area contributed by atoms with Crippen LogP contribution in [0.4, 0.5) is 0 Å². The van der Waals surface area contributed by atoms with Crippen molar-refractivity contribution >= 4 is 5.78 Å². The molecule has 3 nitrogen and oxygen atoms in total. The minimum atomic E-state index is -0.742. The van der Waals surface area contributed by atoms with Gasteiger partial charge in [-0.05, 0) is 19.3 Å². The van der Waals surface area contributed by atoms with E-state index in [1.54, 1.807) is 0 Å². The zero-order valence-electron chi connectivity index (χ0n) is 9.53. The van der Waals surface area contributed by atoms with Gasteiger partial charge in [0.05, 0.1) is 18.1 Å². The number of carbonyl (C=O) groups is 1. The largest absolute Gasteiger partial charge is 0.392 e. The number of hydrogen-bond acceptors (Lipinski definition) is 3. The van der Waals surface area contributed by atoms with Gasteiger partial charge in [0.1, 0.15) is 5.78 Å². The number of rotatable bonds is 6. The van der Waals surface area contributed by atoms with Gasteiger partial charge in [-0.25, -0.2) is 0 Å². The number of carbonyl (C=O) groups excluding carboxylic acids is 1. The standard InChI is InChI=1S/C11H22O3/c1-5-6-9(13)10(8(4)12)11(14)7(2)3/h7,9-11,13-14H,5-6H2,1-4H3/t9-,10+,11-/m1/s1. The third-order valence-corrected chi connectivity index (χ3v) is 2.52. The van der Waals surface area contributed by atoms with Gasteiger partial charge in [-0.1, -0.05) is 27.2 Å². The second kappa shape index (κ2) is 6.14. The molecule has 0 aliphatic carbocycles. The molecule has 0 radical (unpaired) electrons. The molecule has 0 amide bonds. The van der Waals surface area contributed by atoms with Crippen LogP contribution in [0, 0.1) is 11.8 Å². The molecule has 0 saturated heterocycles. The third kappa shape index (κ3) is 3.76. The summed E-state index contributed by atoms with van der Waals surface area (Å²) < 4.78 is 0. The second-order valence-corrected chi connectivity index (χ2v) is 4.23. The molecule has 14 heavy (non-hydrogen) atoms. The molecule has 3 heteroatoms. The number of ketones is 1. The molecular formula is C11H22O3. The van der Waals surface area contributed by atoms with E-state index in [1.165, 1.54) is 6.92 Å². The molecule has 0 aromatic carbocycles. The SMILES string of the molecule is CCC[C@@H](O)[C@H](C(C)=O)[C@H](O)C(C)C. The van der Waals surface area contributed by atoms with Crippen molar-refractivity contribution in [3.05, 3.63) is 0 Å². The molecule has 0 saturated carbocycles. The molecule has 0 aromatic rings. The van der Waals surface area contributed by atoms with E-state index in [0.717, 1.165) is 6.42 Å². The Bertz CT molecular complexity index is 177. The topological polar surface area (TPSA) is 57.5 Å². The quantitative estimate of drug-likeness (QED) is 0.684. The number of Topliss-reactive ketones (excluding diaryl/α,β-unsaturated/α-hetero) is 1. The molecule has 0 aromatic heterocycles. The van der Waals surface area contributed by atoms with Crippen molar-refractivity contribution in [1.29, 1.82) is 0 Å². The van der Waals surface area contributed by atoms with Gasteiger partial charge in [0.15, 0.2) is 0 Å². The first-order valence-corrected chi connectivity index (χ1v) is 5.28. The van der Waals surface area contributed by atoms with Crippen LogP contribution in [0.2, 0.25) is 0 Å². The van der Waals surface area contributed by atoms with Crippen LogP contribution in [0.5, 0.6) is 0 Å². The van der Waals surface area contributed by atoms with Gasteiger partial charge in [0, 0.05) is 0 Å². The molecular weight excluding hydrogens is 180 g/mol. The Labute approximate surface area is 86.1 Å². The molecule has 84 valence electrons. The van der Waals surface area contributed by atoms with Crippen LogP contribution < -0.4 is 0 Å². The fraction of sp³-hybridized carbons (Fsp3) is 0.909. The highest BCUT2D eigenvalue weighted by atomic mass is 16.3. The summed E-state index contributed by atoms with van der Waals surface area (Å²) in [5, 5.41) is 19.5. The summed E-state index contributed by atoms with van der Waals surface area (Å²) in [5.41, 5.74) is 0. The average Bonchev–Trinajstić information content (AvgIpc) is 2.03. The Hall–Kier alpha value is -0.410. The summed E-state index contributed by atoms with van der Waals surface area (Å²) in [6.45, 7) is 7.07. The van der Waals surface area contributed by atoms with E-state index in [-0.39, 0.29) is 11.7 Å². The summed E-state index contributed by atoms with van der Waals surface area (Å²) in [7, 11) is 0. The minimum Gasteiger partial charge on any atom is -0.392 e. The van der Waals surface area contributed by atoms with Gasteiger partial charge in [0.2, 0.25) is 0 Å². The molecule has 0 fully saturated rings. The molecule has 3 atom stereocenters. The minimum absolute atomic E-state index is 0.00425. The Morgan fingerprint density at radius 2 is 1.79 bits per heavy atom. The number of hydrogen-bond donors (Lipinski definition) is 2. The van der Waals surface area contributed by atoms with Crippen molar-refractivity contribution in [2.24, 2.45) is 11.8 Å². The van der Waals surface area contributed by atoms with Crippen molar-refractivity contribution in [3.8, 4) is 0 Å². The van der Waals surface area contributed by atoms with E-state index in [2.05, 4.69) is 0 Å². The van der Waals surface area contributed by atoms with Gasteiger partial charge in [-0.2, -0.15) is 0 Å². The predicted molar refractivity (Wildman–Crippen MR) is 55.9 cm³/mol. The maximum absolute atomic E-state index is 11.3. The molecule has 0 rings (SSSR count). The van der Waals surface area contributed by atoms with Crippen LogP contribution in [0.1, 0.15) is 40.5 Å². The third-order valence-electron chi connectivity index (χ3n) is 2.52. The summed E-state index contributed by atoms with van der Waals surface area (Å²) in [6.07, 6.45) is -0.0759. The van der Waals surface area contributed by atoms with E-state index >= 15 is 0 Å². The van der Waals surface area contributed by atoms with Crippen molar-refractivity contribution in [1.82, 2.24) is 0 Å². The van der Waals surface area contributed by atoms with Gasteiger partial charge < -0.3 is 10.2 Å². The fourth-order valence-corrected chi connectivity index (χ4v) is 1.63. The Balaban J connectivity index is 4.50. The van der Waals surface area contributed by atoms with E-state index in [1.807, 2.05) is 20.8 Å². The van der Waals surface area contributed by atoms with Gasteiger partial charge in [0.25, 0.3) is 0 Å². The Morgan fingerprint density at radius 1 is 1.29 bits per heavy atom.